The van der Waals surface area contributed by atoms with E-state index in [0.717, 1.165) is 19.4 Å². The van der Waals surface area contributed by atoms with Crippen LogP contribution in [0.5, 0.6) is 0 Å². The third-order valence-electron chi connectivity index (χ3n) is 4.44. The van der Waals surface area contributed by atoms with E-state index < -0.39 is 0 Å². The number of piperidine rings is 1. The maximum absolute atomic E-state index is 11.9. The van der Waals surface area contributed by atoms with Gasteiger partial charge in [-0.1, -0.05) is 6.42 Å². The Morgan fingerprint density at radius 2 is 1.89 bits per heavy atom. The number of rotatable bonds is 2. The monoisotopic (exact) mass is 253 g/mol. The van der Waals surface area contributed by atoms with Gasteiger partial charge in [0.15, 0.2) is 0 Å². The fraction of sp³-hybridized carbons (Fsp3) is 0.933. The van der Waals surface area contributed by atoms with E-state index in [9.17, 15) is 4.79 Å². The molecule has 2 unspecified atom stereocenters. The van der Waals surface area contributed by atoms with E-state index in [0.29, 0.717) is 11.8 Å². The number of Topliss-reactive ketones (excluding diaryl/α,β-unsaturated/α-hetero) is 1. The van der Waals surface area contributed by atoms with E-state index in [4.69, 9.17) is 4.74 Å². The zero-order chi connectivity index (χ0) is 13.6. The van der Waals surface area contributed by atoms with Crippen LogP contribution in [0.15, 0.2) is 0 Å². The van der Waals surface area contributed by atoms with Gasteiger partial charge < -0.3 is 4.74 Å². The number of carbonyl (C=O) groups is 1. The molecule has 2 rings (SSSR count). The Bertz CT molecular complexity index is 335. The zero-order valence-corrected chi connectivity index (χ0v) is 12.5. The maximum Gasteiger partial charge on any atom is 0.146 e. The van der Waals surface area contributed by atoms with Crippen molar-refractivity contribution in [2.75, 3.05) is 6.54 Å². The molecule has 0 amide bonds. The van der Waals surface area contributed by atoms with E-state index in [1.807, 2.05) is 0 Å². The lowest BCUT2D eigenvalue weighted by atomic mass is 9.88. The molecule has 0 aromatic heterocycles. The molecular formula is C15H27NO2. The molecule has 2 aliphatic rings. The van der Waals surface area contributed by atoms with Crippen LogP contribution < -0.4 is 0 Å². The highest BCUT2D eigenvalue weighted by Crippen LogP contribution is 2.42. The number of ketones is 1. The van der Waals surface area contributed by atoms with Crippen molar-refractivity contribution >= 4 is 5.78 Å². The molecule has 18 heavy (non-hydrogen) atoms. The van der Waals surface area contributed by atoms with E-state index in [1.165, 1.54) is 12.8 Å². The van der Waals surface area contributed by atoms with Crippen molar-refractivity contribution in [2.45, 2.75) is 83.6 Å². The lowest BCUT2D eigenvalue weighted by molar-refractivity contribution is -0.127. The molecule has 0 aromatic carbocycles. The van der Waals surface area contributed by atoms with Crippen LogP contribution in [0.25, 0.3) is 0 Å². The van der Waals surface area contributed by atoms with Gasteiger partial charge in [0, 0.05) is 6.04 Å². The molecule has 2 saturated heterocycles. The first kappa shape index (κ1) is 14.0. The highest BCUT2D eigenvalue weighted by Gasteiger charge is 2.50. The summed E-state index contributed by atoms with van der Waals surface area (Å²) in [6.45, 7) is 11.4. The Labute approximate surface area is 111 Å². The van der Waals surface area contributed by atoms with Gasteiger partial charge in [-0.2, -0.15) is 0 Å². The summed E-state index contributed by atoms with van der Waals surface area (Å²) < 4.78 is 6.18. The van der Waals surface area contributed by atoms with E-state index >= 15 is 0 Å². The second-order valence-corrected chi connectivity index (χ2v) is 7.05. The Kier molecular flexibility index (Phi) is 3.58. The number of likely N-dealkylation sites (tertiary alicyclic amines) is 1. The third kappa shape index (κ3) is 2.62. The quantitative estimate of drug-likeness (QED) is 0.758. The summed E-state index contributed by atoms with van der Waals surface area (Å²) in [6.07, 6.45) is 4.42. The molecule has 2 aliphatic heterocycles. The Balaban J connectivity index is 2.21. The largest absolute Gasteiger partial charge is 0.368 e. The van der Waals surface area contributed by atoms with Crippen LogP contribution in [-0.2, 0) is 9.53 Å². The fourth-order valence-corrected chi connectivity index (χ4v) is 3.81. The highest BCUT2D eigenvalue weighted by atomic mass is 16.5. The Hall–Kier alpha value is -0.410. The van der Waals surface area contributed by atoms with Crippen LogP contribution in [0.3, 0.4) is 0 Å². The van der Waals surface area contributed by atoms with Crippen LogP contribution in [0.2, 0.25) is 0 Å². The molecule has 0 bridgehead atoms. The third-order valence-corrected chi connectivity index (χ3v) is 4.44. The number of ether oxygens (including phenoxy) is 1. The van der Waals surface area contributed by atoms with Gasteiger partial charge in [0.1, 0.15) is 5.78 Å². The summed E-state index contributed by atoms with van der Waals surface area (Å²) in [4.78, 5) is 14.3. The molecular weight excluding hydrogens is 226 g/mol. The molecule has 0 aromatic rings. The van der Waals surface area contributed by atoms with Crippen molar-refractivity contribution in [2.24, 2.45) is 0 Å². The molecule has 3 heteroatoms. The molecule has 2 heterocycles. The van der Waals surface area contributed by atoms with Crippen molar-refractivity contribution in [3.05, 3.63) is 0 Å². The van der Waals surface area contributed by atoms with Crippen LogP contribution >= 0.6 is 0 Å². The van der Waals surface area contributed by atoms with Gasteiger partial charge in [0.25, 0.3) is 0 Å². The summed E-state index contributed by atoms with van der Waals surface area (Å²) in [5, 5.41) is 0. The van der Waals surface area contributed by atoms with Gasteiger partial charge in [-0.05, 0) is 60.4 Å². The van der Waals surface area contributed by atoms with Gasteiger partial charge in [-0.25, -0.2) is 0 Å². The molecule has 0 N–H and O–H groups in total. The number of carbonyl (C=O) groups excluding carboxylic acids is 1. The lowest BCUT2D eigenvalue weighted by Gasteiger charge is -2.42. The zero-order valence-electron chi connectivity index (χ0n) is 12.5. The number of hydrogen-bond acceptors (Lipinski definition) is 3. The first-order chi connectivity index (χ1) is 8.23. The van der Waals surface area contributed by atoms with Crippen molar-refractivity contribution in [3.63, 3.8) is 0 Å². The molecule has 0 spiro atoms. The Morgan fingerprint density at radius 1 is 1.22 bits per heavy atom. The first-order valence-corrected chi connectivity index (χ1v) is 7.19. The number of nitrogens with zero attached hydrogens (tertiary/aromatic N) is 1. The highest BCUT2D eigenvalue weighted by molar-refractivity contribution is 5.81. The standard InChI is InChI=1S/C15H27NO2/c1-11(17)12-8-6-7-9-16(12)13-10-14(2,3)18-15(13,4)5/h12-13H,6-10H2,1-5H3. The molecule has 0 saturated carbocycles. The predicted molar refractivity (Wildman–Crippen MR) is 72.7 cm³/mol. The van der Waals surface area contributed by atoms with E-state index in [1.54, 1.807) is 6.92 Å². The second-order valence-electron chi connectivity index (χ2n) is 7.05. The van der Waals surface area contributed by atoms with Crippen molar-refractivity contribution in [3.8, 4) is 0 Å². The van der Waals surface area contributed by atoms with Gasteiger partial charge in [-0.3, -0.25) is 9.69 Å². The molecule has 2 fully saturated rings. The second kappa shape index (κ2) is 4.61. The van der Waals surface area contributed by atoms with Gasteiger partial charge in [0.2, 0.25) is 0 Å². The van der Waals surface area contributed by atoms with Crippen molar-refractivity contribution < 1.29 is 9.53 Å². The topological polar surface area (TPSA) is 29.5 Å². The molecule has 104 valence electrons. The van der Waals surface area contributed by atoms with Crippen LogP contribution in [0.4, 0.5) is 0 Å². The first-order valence-electron chi connectivity index (χ1n) is 7.19. The Morgan fingerprint density at radius 3 is 2.39 bits per heavy atom. The minimum atomic E-state index is -0.158. The summed E-state index contributed by atoms with van der Waals surface area (Å²) in [5.41, 5.74) is -0.235. The molecule has 2 atom stereocenters. The van der Waals surface area contributed by atoms with Crippen molar-refractivity contribution in [1.82, 2.24) is 4.90 Å². The predicted octanol–water partition coefficient (Wildman–Crippen LogP) is 2.78. The average Bonchev–Trinajstić information content (AvgIpc) is 2.46. The van der Waals surface area contributed by atoms with E-state index in [-0.39, 0.29) is 17.2 Å². The van der Waals surface area contributed by atoms with Gasteiger partial charge in [-0.15, -0.1) is 0 Å². The summed E-state index contributed by atoms with van der Waals surface area (Å²) >= 11 is 0. The molecule has 0 radical (unpaired) electrons. The van der Waals surface area contributed by atoms with Gasteiger partial charge in [0.05, 0.1) is 17.2 Å². The normalized spacial score (nSPS) is 35.6. The summed E-state index contributed by atoms with van der Waals surface area (Å²) in [5.74, 6) is 0.315. The smallest absolute Gasteiger partial charge is 0.146 e. The number of hydrogen-bond donors (Lipinski definition) is 0. The van der Waals surface area contributed by atoms with E-state index in [2.05, 4.69) is 32.6 Å². The minimum Gasteiger partial charge on any atom is -0.368 e. The van der Waals surface area contributed by atoms with Crippen LogP contribution in [0.1, 0.15) is 60.3 Å². The van der Waals surface area contributed by atoms with Crippen LogP contribution in [0, 0.1) is 0 Å². The van der Waals surface area contributed by atoms with Gasteiger partial charge >= 0.3 is 0 Å². The minimum absolute atomic E-state index is 0.0764. The van der Waals surface area contributed by atoms with Crippen LogP contribution in [-0.4, -0.2) is 40.5 Å². The molecule has 0 aliphatic carbocycles. The lowest BCUT2D eigenvalue weighted by Crippen LogP contribution is -2.55. The summed E-state index contributed by atoms with van der Waals surface area (Å²) in [7, 11) is 0. The average molecular weight is 253 g/mol. The molecule has 3 nitrogen and oxygen atoms in total. The summed E-state index contributed by atoms with van der Waals surface area (Å²) in [6, 6.07) is 0.474. The van der Waals surface area contributed by atoms with Crippen molar-refractivity contribution in [1.29, 1.82) is 0 Å². The maximum atomic E-state index is 11.9. The fourth-order valence-electron chi connectivity index (χ4n) is 3.81. The SMILES string of the molecule is CC(=O)C1CCCCN1C1CC(C)(C)OC1(C)C.